The Morgan fingerprint density at radius 3 is 3.00 bits per heavy atom. The molecular formula is C15H22N2O2S. The Balaban J connectivity index is 1.50. The molecule has 2 aliphatic heterocycles. The number of carbonyl (C=O) groups excluding carboxylic acids is 1. The van der Waals surface area contributed by atoms with Crippen molar-refractivity contribution in [1.29, 1.82) is 0 Å². The van der Waals surface area contributed by atoms with Crippen LogP contribution in [0.4, 0.5) is 0 Å². The highest BCUT2D eigenvalue weighted by Gasteiger charge is 2.44. The van der Waals surface area contributed by atoms with Crippen LogP contribution in [-0.4, -0.2) is 42.6 Å². The topological polar surface area (TPSA) is 41.6 Å². The van der Waals surface area contributed by atoms with Crippen molar-refractivity contribution in [2.45, 2.75) is 43.9 Å². The average Bonchev–Trinajstić information content (AvgIpc) is 3.10. The molecule has 20 heavy (non-hydrogen) atoms. The highest BCUT2D eigenvalue weighted by Crippen LogP contribution is 2.38. The molecule has 0 unspecified atom stereocenters. The summed E-state index contributed by atoms with van der Waals surface area (Å²) >= 11 is 1.67. The summed E-state index contributed by atoms with van der Waals surface area (Å²) in [6, 6.07) is 4.05. The molecule has 2 aliphatic rings. The summed E-state index contributed by atoms with van der Waals surface area (Å²) in [5.41, 5.74) is -0.0303. The van der Waals surface area contributed by atoms with Gasteiger partial charge in [0, 0.05) is 18.0 Å². The zero-order valence-corrected chi connectivity index (χ0v) is 12.7. The van der Waals surface area contributed by atoms with E-state index in [1.807, 2.05) is 17.5 Å². The second kappa shape index (κ2) is 5.84. The fraction of sp³-hybridized carbons (Fsp3) is 0.667. The molecule has 1 spiro atoms. The molecule has 3 rings (SSSR count). The fourth-order valence-corrected chi connectivity index (χ4v) is 3.74. The number of likely N-dealkylation sites (tertiary alicyclic amines) is 1. The second-order valence-corrected chi connectivity index (χ2v) is 6.96. The van der Waals surface area contributed by atoms with Crippen LogP contribution in [0.15, 0.2) is 17.5 Å². The van der Waals surface area contributed by atoms with Crippen molar-refractivity contribution in [3.8, 4) is 0 Å². The zero-order chi connectivity index (χ0) is 14.0. The number of piperidine rings is 1. The van der Waals surface area contributed by atoms with Crippen molar-refractivity contribution in [1.82, 2.24) is 10.2 Å². The van der Waals surface area contributed by atoms with Gasteiger partial charge in [0.15, 0.2) is 0 Å². The number of hydrogen-bond acceptors (Lipinski definition) is 4. The molecule has 0 aromatic carbocycles. The summed E-state index contributed by atoms with van der Waals surface area (Å²) in [6.07, 6.45) is 3.74. The van der Waals surface area contributed by atoms with E-state index in [1.165, 1.54) is 4.88 Å². The molecule has 110 valence electrons. The first-order valence-corrected chi connectivity index (χ1v) is 8.21. The minimum absolute atomic E-state index is 0.0303. The van der Waals surface area contributed by atoms with Crippen LogP contribution in [0.25, 0.3) is 0 Å². The molecule has 4 nitrogen and oxygen atoms in total. The summed E-state index contributed by atoms with van der Waals surface area (Å²) < 4.78 is 6.13. The lowest BCUT2D eigenvalue weighted by Gasteiger charge is -2.37. The smallest absolute Gasteiger partial charge is 0.249 e. The van der Waals surface area contributed by atoms with E-state index in [-0.39, 0.29) is 17.6 Å². The van der Waals surface area contributed by atoms with Crippen LogP contribution >= 0.6 is 11.3 Å². The van der Waals surface area contributed by atoms with Gasteiger partial charge in [0.2, 0.25) is 5.91 Å². The van der Waals surface area contributed by atoms with Crippen LogP contribution in [0.5, 0.6) is 0 Å². The molecule has 5 heteroatoms. The van der Waals surface area contributed by atoms with Crippen LogP contribution in [0.2, 0.25) is 0 Å². The van der Waals surface area contributed by atoms with Crippen molar-refractivity contribution < 1.29 is 9.53 Å². The molecule has 0 bridgehead atoms. The average molecular weight is 294 g/mol. The Bertz CT molecular complexity index is 452. The second-order valence-electron chi connectivity index (χ2n) is 5.93. The van der Waals surface area contributed by atoms with Gasteiger partial charge in [0.25, 0.3) is 0 Å². The largest absolute Gasteiger partial charge is 0.362 e. The van der Waals surface area contributed by atoms with Crippen molar-refractivity contribution >= 4 is 17.2 Å². The van der Waals surface area contributed by atoms with E-state index < -0.39 is 0 Å². The maximum atomic E-state index is 12.2. The summed E-state index contributed by atoms with van der Waals surface area (Å²) in [5, 5.41) is 5.02. The van der Waals surface area contributed by atoms with E-state index in [4.69, 9.17) is 4.74 Å². The fourth-order valence-electron chi connectivity index (χ4n) is 3.09. The minimum Gasteiger partial charge on any atom is -0.362 e. The Labute approximate surface area is 124 Å². The normalized spacial score (nSPS) is 25.9. The van der Waals surface area contributed by atoms with Crippen LogP contribution in [0, 0.1) is 0 Å². The van der Waals surface area contributed by atoms with E-state index in [9.17, 15) is 4.79 Å². The lowest BCUT2D eigenvalue weighted by atomic mass is 9.89. The first-order chi connectivity index (χ1) is 9.67. The Kier molecular flexibility index (Phi) is 4.10. The molecule has 0 saturated carbocycles. The van der Waals surface area contributed by atoms with Gasteiger partial charge in [-0.1, -0.05) is 6.07 Å². The number of ether oxygens (including phenoxy) is 1. The lowest BCUT2D eigenvalue weighted by molar-refractivity contribution is -0.140. The molecule has 0 radical (unpaired) electrons. The van der Waals surface area contributed by atoms with E-state index in [2.05, 4.69) is 17.3 Å². The quantitative estimate of drug-likeness (QED) is 0.927. The van der Waals surface area contributed by atoms with Crippen molar-refractivity contribution in [3.63, 3.8) is 0 Å². The van der Waals surface area contributed by atoms with Gasteiger partial charge in [-0.05, 0) is 44.2 Å². The Hall–Kier alpha value is -0.910. The highest BCUT2D eigenvalue weighted by atomic mass is 32.1. The van der Waals surface area contributed by atoms with E-state index >= 15 is 0 Å². The lowest BCUT2D eigenvalue weighted by Crippen LogP contribution is -2.44. The monoisotopic (exact) mass is 294 g/mol. The van der Waals surface area contributed by atoms with Gasteiger partial charge < -0.3 is 15.0 Å². The number of amides is 1. The van der Waals surface area contributed by atoms with Gasteiger partial charge in [-0.2, -0.15) is 0 Å². The molecule has 1 atom stereocenters. The van der Waals surface area contributed by atoms with Gasteiger partial charge in [0.05, 0.1) is 12.1 Å². The number of nitrogens with zero attached hydrogens (tertiary/aromatic N) is 1. The summed E-state index contributed by atoms with van der Waals surface area (Å²) in [5.74, 6) is 0.0502. The molecule has 1 amide bonds. The minimum atomic E-state index is -0.252. The van der Waals surface area contributed by atoms with Gasteiger partial charge in [-0.15, -0.1) is 11.3 Å². The van der Waals surface area contributed by atoms with Gasteiger partial charge >= 0.3 is 0 Å². The number of thiophene rings is 1. The van der Waals surface area contributed by atoms with Crippen molar-refractivity contribution in [2.24, 2.45) is 0 Å². The Morgan fingerprint density at radius 1 is 1.50 bits per heavy atom. The number of nitrogens with one attached hydrogen (secondary N) is 1. The molecule has 3 heterocycles. The van der Waals surface area contributed by atoms with Crippen molar-refractivity contribution in [2.75, 3.05) is 20.1 Å². The number of hydrogen-bond donors (Lipinski definition) is 1. The van der Waals surface area contributed by atoms with E-state index in [0.717, 1.165) is 38.8 Å². The van der Waals surface area contributed by atoms with Crippen molar-refractivity contribution in [3.05, 3.63) is 22.4 Å². The van der Waals surface area contributed by atoms with Crippen LogP contribution in [0.3, 0.4) is 0 Å². The first-order valence-electron chi connectivity index (χ1n) is 7.33. The van der Waals surface area contributed by atoms with Gasteiger partial charge in [-0.25, -0.2) is 0 Å². The molecule has 1 aromatic heterocycles. The predicted octanol–water partition coefficient (Wildman–Crippen LogP) is 2.01. The predicted molar refractivity (Wildman–Crippen MR) is 79.7 cm³/mol. The van der Waals surface area contributed by atoms with Gasteiger partial charge in [0.1, 0.15) is 6.10 Å². The molecule has 2 saturated heterocycles. The molecular weight excluding hydrogens is 272 g/mol. The van der Waals surface area contributed by atoms with Crippen LogP contribution in [0.1, 0.15) is 30.6 Å². The third-order valence-electron chi connectivity index (χ3n) is 4.46. The Morgan fingerprint density at radius 2 is 2.30 bits per heavy atom. The standard InChI is InChI=1S/C15H22N2O2S/c1-17-8-6-15(7-9-17)5-4-13(19-15)14(18)16-11-12-3-2-10-20-12/h2-3,10,13H,4-9,11H2,1H3,(H,16,18)/t13-/m1/s1. The maximum absolute atomic E-state index is 12.2. The number of carbonyl (C=O) groups is 1. The van der Waals surface area contributed by atoms with Crippen LogP contribution < -0.4 is 5.32 Å². The molecule has 1 aromatic rings. The maximum Gasteiger partial charge on any atom is 0.249 e. The third kappa shape index (κ3) is 3.05. The van der Waals surface area contributed by atoms with E-state index in [1.54, 1.807) is 11.3 Å². The zero-order valence-electron chi connectivity index (χ0n) is 11.9. The molecule has 1 N–H and O–H groups in total. The first kappa shape index (κ1) is 14.0. The summed E-state index contributed by atoms with van der Waals surface area (Å²) in [4.78, 5) is 15.7. The third-order valence-corrected chi connectivity index (χ3v) is 5.34. The molecule has 0 aliphatic carbocycles. The highest BCUT2D eigenvalue weighted by molar-refractivity contribution is 7.09. The summed E-state index contributed by atoms with van der Waals surface area (Å²) in [6.45, 7) is 2.76. The summed E-state index contributed by atoms with van der Waals surface area (Å²) in [7, 11) is 2.15. The number of rotatable bonds is 3. The SMILES string of the molecule is CN1CCC2(CC[C@H](C(=O)NCc3cccs3)O2)CC1. The van der Waals surface area contributed by atoms with Crippen LogP contribution in [-0.2, 0) is 16.1 Å². The van der Waals surface area contributed by atoms with Gasteiger partial charge in [-0.3, -0.25) is 4.79 Å². The molecule has 2 fully saturated rings. The van der Waals surface area contributed by atoms with E-state index in [0.29, 0.717) is 6.54 Å².